The van der Waals surface area contributed by atoms with Crippen molar-refractivity contribution in [2.45, 2.75) is 26.5 Å². The van der Waals surface area contributed by atoms with E-state index in [0.717, 1.165) is 5.56 Å². The minimum absolute atomic E-state index is 0.00577. The molecule has 3 aromatic carbocycles. The Morgan fingerprint density at radius 1 is 0.900 bits per heavy atom. The lowest BCUT2D eigenvalue weighted by Gasteiger charge is -2.15. The Morgan fingerprint density at radius 2 is 1.70 bits per heavy atom. The smallest absolute Gasteiger partial charge is 0.161 e. The molecule has 0 unspecified atom stereocenters. The van der Waals surface area contributed by atoms with Gasteiger partial charge in [0.2, 0.25) is 0 Å². The molecule has 0 radical (unpaired) electrons. The van der Waals surface area contributed by atoms with Crippen molar-refractivity contribution in [3.05, 3.63) is 94.0 Å². The van der Waals surface area contributed by atoms with E-state index in [1.165, 1.54) is 12.1 Å². The first-order valence-corrected chi connectivity index (χ1v) is 10.2. The highest BCUT2D eigenvalue weighted by Crippen LogP contribution is 2.30. The van der Waals surface area contributed by atoms with Gasteiger partial charge in [-0.3, -0.25) is 0 Å². The van der Waals surface area contributed by atoms with Gasteiger partial charge in [0.25, 0.3) is 0 Å². The SMILES string of the molecule is CCOc1cc(CNCCc2ccccc2F)ccc1OCc1c(F)cccc1Cl. The van der Waals surface area contributed by atoms with Crippen LogP contribution in [0.25, 0.3) is 0 Å². The van der Waals surface area contributed by atoms with E-state index in [0.29, 0.717) is 53.8 Å². The first-order chi connectivity index (χ1) is 14.6. The molecule has 0 heterocycles. The largest absolute Gasteiger partial charge is 0.490 e. The molecule has 0 saturated heterocycles. The van der Waals surface area contributed by atoms with Crippen molar-refractivity contribution in [1.82, 2.24) is 5.32 Å². The number of hydrogen-bond donors (Lipinski definition) is 1. The molecule has 0 fully saturated rings. The molecule has 3 nitrogen and oxygen atoms in total. The Balaban J connectivity index is 1.59. The van der Waals surface area contributed by atoms with E-state index in [9.17, 15) is 8.78 Å². The fourth-order valence-electron chi connectivity index (χ4n) is 3.03. The second kappa shape index (κ2) is 11.0. The zero-order chi connectivity index (χ0) is 21.3. The van der Waals surface area contributed by atoms with Gasteiger partial charge in [-0.05, 0) is 61.3 Å². The van der Waals surface area contributed by atoms with Crippen LogP contribution in [0.5, 0.6) is 11.5 Å². The highest BCUT2D eigenvalue weighted by Gasteiger charge is 2.11. The number of benzene rings is 3. The molecule has 158 valence electrons. The molecule has 0 spiro atoms. The summed E-state index contributed by atoms with van der Waals surface area (Å²) in [7, 11) is 0. The lowest BCUT2D eigenvalue weighted by molar-refractivity contribution is 0.265. The summed E-state index contributed by atoms with van der Waals surface area (Å²) in [6.45, 7) is 3.62. The summed E-state index contributed by atoms with van der Waals surface area (Å²) < 4.78 is 39.1. The van der Waals surface area contributed by atoms with E-state index < -0.39 is 5.82 Å². The molecule has 0 aliphatic heterocycles. The lowest BCUT2D eigenvalue weighted by Crippen LogP contribution is -2.17. The monoisotopic (exact) mass is 431 g/mol. The Hall–Kier alpha value is -2.63. The predicted molar refractivity (Wildman–Crippen MR) is 115 cm³/mol. The van der Waals surface area contributed by atoms with Crippen LogP contribution in [-0.4, -0.2) is 13.2 Å². The van der Waals surface area contributed by atoms with Crippen LogP contribution in [0.1, 0.15) is 23.6 Å². The summed E-state index contributed by atoms with van der Waals surface area (Å²) in [5, 5.41) is 3.63. The van der Waals surface area contributed by atoms with Crippen molar-refractivity contribution in [3.63, 3.8) is 0 Å². The third kappa shape index (κ3) is 5.94. The van der Waals surface area contributed by atoms with Crippen molar-refractivity contribution in [1.29, 1.82) is 0 Å². The van der Waals surface area contributed by atoms with E-state index >= 15 is 0 Å². The first kappa shape index (κ1) is 22.1. The highest BCUT2D eigenvalue weighted by molar-refractivity contribution is 6.31. The van der Waals surface area contributed by atoms with Gasteiger partial charge in [-0.1, -0.05) is 41.9 Å². The van der Waals surface area contributed by atoms with Gasteiger partial charge in [-0.2, -0.15) is 0 Å². The summed E-state index contributed by atoms with van der Waals surface area (Å²) in [5.74, 6) is 0.509. The van der Waals surface area contributed by atoms with E-state index in [2.05, 4.69) is 5.32 Å². The Bertz CT molecular complexity index is 961. The molecule has 0 saturated carbocycles. The molecule has 30 heavy (non-hydrogen) atoms. The maximum atomic E-state index is 14.0. The molecule has 3 rings (SSSR count). The number of rotatable bonds is 10. The van der Waals surface area contributed by atoms with Crippen LogP contribution in [0.15, 0.2) is 60.7 Å². The molecule has 0 aliphatic rings. The topological polar surface area (TPSA) is 30.5 Å². The van der Waals surface area contributed by atoms with Crippen LogP contribution >= 0.6 is 11.6 Å². The van der Waals surface area contributed by atoms with Crippen molar-refractivity contribution in [2.75, 3.05) is 13.2 Å². The first-order valence-electron chi connectivity index (χ1n) is 9.84. The van der Waals surface area contributed by atoms with Gasteiger partial charge in [-0.25, -0.2) is 8.78 Å². The van der Waals surface area contributed by atoms with Crippen molar-refractivity contribution in [3.8, 4) is 11.5 Å². The molecule has 0 amide bonds. The second-order valence-electron chi connectivity index (χ2n) is 6.72. The molecule has 0 atom stereocenters. The molecule has 3 aromatic rings. The van der Waals surface area contributed by atoms with Crippen LogP contribution in [0.3, 0.4) is 0 Å². The fraction of sp³-hybridized carbons (Fsp3) is 0.250. The summed E-state index contributed by atoms with van der Waals surface area (Å²) in [6, 6.07) is 16.9. The average Bonchev–Trinajstić information content (AvgIpc) is 2.73. The standard InChI is InChI=1S/C24H24ClF2NO2/c1-2-29-24-14-17(15-28-13-12-18-6-3-4-8-21(18)26)10-11-23(24)30-16-19-20(25)7-5-9-22(19)27/h3-11,14,28H,2,12-13,15-16H2,1H3. The minimum atomic E-state index is -0.406. The van der Waals surface area contributed by atoms with Crippen molar-refractivity contribution in [2.24, 2.45) is 0 Å². The van der Waals surface area contributed by atoms with Crippen LogP contribution in [0, 0.1) is 11.6 Å². The quantitative estimate of drug-likeness (QED) is 0.404. The van der Waals surface area contributed by atoms with Gasteiger partial charge in [0.15, 0.2) is 11.5 Å². The summed E-state index contributed by atoms with van der Waals surface area (Å²) >= 11 is 6.06. The summed E-state index contributed by atoms with van der Waals surface area (Å²) in [5.41, 5.74) is 2.00. The maximum Gasteiger partial charge on any atom is 0.161 e. The zero-order valence-corrected chi connectivity index (χ0v) is 17.5. The normalized spacial score (nSPS) is 10.8. The maximum absolute atomic E-state index is 14.0. The lowest BCUT2D eigenvalue weighted by atomic mass is 10.1. The van der Waals surface area contributed by atoms with Crippen LogP contribution < -0.4 is 14.8 Å². The second-order valence-corrected chi connectivity index (χ2v) is 7.13. The van der Waals surface area contributed by atoms with Crippen LogP contribution in [0.4, 0.5) is 8.78 Å². The number of halogens is 3. The molecule has 0 aliphatic carbocycles. The van der Waals surface area contributed by atoms with Gasteiger partial charge in [0.1, 0.15) is 18.2 Å². The molecule has 0 bridgehead atoms. The summed E-state index contributed by atoms with van der Waals surface area (Å²) in [6.07, 6.45) is 0.607. The Kier molecular flexibility index (Phi) is 8.05. The molecular weight excluding hydrogens is 408 g/mol. The van der Waals surface area contributed by atoms with Crippen molar-refractivity contribution >= 4 is 11.6 Å². The van der Waals surface area contributed by atoms with E-state index in [4.69, 9.17) is 21.1 Å². The van der Waals surface area contributed by atoms with E-state index in [1.54, 1.807) is 30.3 Å². The highest BCUT2D eigenvalue weighted by atomic mass is 35.5. The van der Waals surface area contributed by atoms with Crippen LogP contribution in [0.2, 0.25) is 5.02 Å². The van der Waals surface area contributed by atoms with Crippen LogP contribution in [-0.2, 0) is 19.6 Å². The number of ether oxygens (including phenoxy) is 2. The van der Waals surface area contributed by atoms with E-state index in [1.807, 2.05) is 25.1 Å². The van der Waals surface area contributed by atoms with Gasteiger partial charge >= 0.3 is 0 Å². The predicted octanol–water partition coefficient (Wildman–Crippen LogP) is 5.93. The average molecular weight is 432 g/mol. The molecule has 0 aromatic heterocycles. The Labute approximate surface area is 180 Å². The third-order valence-corrected chi connectivity index (χ3v) is 4.95. The third-order valence-electron chi connectivity index (χ3n) is 4.60. The van der Waals surface area contributed by atoms with Gasteiger partial charge in [-0.15, -0.1) is 0 Å². The fourth-order valence-corrected chi connectivity index (χ4v) is 3.24. The Morgan fingerprint density at radius 3 is 2.47 bits per heavy atom. The van der Waals surface area contributed by atoms with Gasteiger partial charge < -0.3 is 14.8 Å². The molecule has 6 heteroatoms. The van der Waals surface area contributed by atoms with Gasteiger partial charge in [0.05, 0.1) is 11.6 Å². The van der Waals surface area contributed by atoms with Crippen molar-refractivity contribution < 1.29 is 18.3 Å². The molecule has 1 N–H and O–H groups in total. The number of nitrogens with one attached hydrogen (secondary N) is 1. The minimum Gasteiger partial charge on any atom is -0.490 e. The zero-order valence-electron chi connectivity index (χ0n) is 16.8. The molecular formula is C24H24ClF2NO2. The number of hydrogen-bond acceptors (Lipinski definition) is 3. The summed E-state index contributed by atoms with van der Waals surface area (Å²) in [4.78, 5) is 0. The van der Waals surface area contributed by atoms with Gasteiger partial charge in [0, 0.05) is 12.1 Å². The van der Waals surface area contributed by atoms with E-state index in [-0.39, 0.29) is 12.4 Å².